The Bertz CT molecular complexity index is 446. The van der Waals surface area contributed by atoms with Gasteiger partial charge in [0.15, 0.2) is 5.60 Å². The first-order chi connectivity index (χ1) is 8.13. The molecule has 18 heavy (non-hydrogen) atoms. The molecule has 5 nitrogen and oxygen atoms in total. The van der Waals surface area contributed by atoms with E-state index < -0.39 is 30.0 Å². The maximum absolute atomic E-state index is 12.3. The standard InChI is InChI=1S/C10H11F3N2O3/c1-9(18,8(16)17)5-15-6-2-3-14-7(4-6)10(11,12)13/h2-4,18H,5H2,1H3,(H,14,15)(H,16,17). The summed E-state index contributed by atoms with van der Waals surface area (Å²) in [5.74, 6) is -1.47. The van der Waals surface area contributed by atoms with Gasteiger partial charge in [0.25, 0.3) is 0 Å². The number of pyridine rings is 1. The van der Waals surface area contributed by atoms with Gasteiger partial charge in [-0.1, -0.05) is 0 Å². The van der Waals surface area contributed by atoms with Crippen molar-refractivity contribution in [2.75, 3.05) is 11.9 Å². The maximum Gasteiger partial charge on any atom is 0.433 e. The van der Waals surface area contributed by atoms with Gasteiger partial charge in [-0.15, -0.1) is 0 Å². The summed E-state index contributed by atoms with van der Waals surface area (Å²) in [5.41, 5.74) is -3.14. The Hall–Kier alpha value is -1.83. The average Bonchev–Trinajstić information content (AvgIpc) is 2.25. The summed E-state index contributed by atoms with van der Waals surface area (Å²) in [7, 11) is 0. The molecule has 0 aliphatic rings. The number of carboxylic acids is 1. The molecule has 1 aromatic rings. The minimum atomic E-state index is -4.58. The number of nitrogens with one attached hydrogen (secondary N) is 1. The number of hydrogen-bond acceptors (Lipinski definition) is 4. The van der Waals surface area contributed by atoms with Crippen molar-refractivity contribution in [1.82, 2.24) is 4.98 Å². The number of anilines is 1. The second-order valence-electron chi connectivity index (χ2n) is 3.86. The van der Waals surface area contributed by atoms with E-state index in [0.29, 0.717) is 0 Å². The summed E-state index contributed by atoms with van der Waals surface area (Å²) in [6.45, 7) is 0.609. The molecular formula is C10H11F3N2O3. The fourth-order valence-corrected chi connectivity index (χ4v) is 1.05. The average molecular weight is 264 g/mol. The summed E-state index contributed by atoms with van der Waals surface area (Å²) >= 11 is 0. The van der Waals surface area contributed by atoms with Crippen LogP contribution >= 0.6 is 0 Å². The van der Waals surface area contributed by atoms with Crippen LogP contribution in [0, 0.1) is 0 Å². The first-order valence-corrected chi connectivity index (χ1v) is 4.86. The van der Waals surface area contributed by atoms with Crippen LogP contribution in [0.3, 0.4) is 0 Å². The Morgan fingerprint density at radius 1 is 1.50 bits per heavy atom. The Balaban J connectivity index is 2.78. The van der Waals surface area contributed by atoms with Crippen LogP contribution in [-0.2, 0) is 11.0 Å². The number of rotatable bonds is 4. The quantitative estimate of drug-likeness (QED) is 0.764. The molecule has 0 aliphatic carbocycles. The van der Waals surface area contributed by atoms with Gasteiger partial charge >= 0.3 is 12.1 Å². The summed E-state index contributed by atoms with van der Waals surface area (Å²) in [6, 6.07) is 1.98. The highest BCUT2D eigenvalue weighted by atomic mass is 19.4. The van der Waals surface area contributed by atoms with Gasteiger partial charge in [-0.05, 0) is 19.1 Å². The van der Waals surface area contributed by atoms with E-state index in [1.54, 1.807) is 0 Å². The minimum Gasteiger partial charge on any atom is -0.479 e. The lowest BCUT2D eigenvalue weighted by Gasteiger charge is -2.19. The van der Waals surface area contributed by atoms with Crippen LogP contribution < -0.4 is 5.32 Å². The van der Waals surface area contributed by atoms with Gasteiger partial charge in [0.2, 0.25) is 0 Å². The van der Waals surface area contributed by atoms with E-state index in [1.807, 2.05) is 0 Å². The van der Waals surface area contributed by atoms with Crippen molar-refractivity contribution in [3.05, 3.63) is 24.0 Å². The molecule has 0 saturated heterocycles. The molecule has 0 saturated carbocycles. The second-order valence-corrected chi connectivity index (χ2v) is 3.86. The molecule has 100 valence electrons. The first-order valence-electron chi connectivity index (χ1n) is 4.86. The SMILES string of the molecule is CC(O)(CNc1ccnc(C(F)(F)F)c1)C(=O)O. The topological polar surface area (TPSA) is 82.5 Å². The van der Waals surface area contributed by atoms with Gasteiger partial charge in [-0.25, -0.2) is 4.79 Å². The van der Waals surface area contributed by atoms with Crippen molar-refractivity contribution in [3.8, 4) is 0 Å². The van der Waals surface area contributed by atoms with Crippen LogP contribution in [0.5, 0.6) is 0 Å². The fraction of sp³-hybridized carbons (Fsp3) is 0.400. The highest BCUT2D eigenvalue weighted by Crippen LogP contribution is 2.28. The van der Waals surface area contributed by atoms with Crippen molar-refractivity contribution in [2.24, 2.45) is 0 Å². The zero-order chi connectivity index (χ0) is 14.0. The number of carboxylic acid groups (broad SMARTS) is 1. The van der Waals surface area contributed by atoms with Crippen LogP contribution in [0.1, 0.15) is 12.6 Å². The van der Waals surface area contributed by atoms with Crippen molar-refractivity contribution < 1.29 is 28.2 Å². The van der Waals surface area contributed by atoms with Gasteiger partial charge < -0.3 is 15.5 Å². The van der Waals surface area contributed by atoms with Crippen LogP contribution in [0.25, 0.3) is 0 Å². The molecule has 0 fully saturated rings. The second kappa shape index (κ2) is 4.81. The molecule has 0 amide bonds. The first kappa shape index (κ1) is 14.2. The van der Waals surface area contributed by atoms with E-state index in [-0.39, 0.29) is 5.69 Å². The highest BCUT2D eigenvalue weighted by Gasteiger charge is 2.33. The lowest BCUT2D eigenvalue weighted by atomic mass is 10.1. The Morgan fingerprint density at radius 3 is 2.61 bits per heavy atom. The number of halogens is 3. The van der Waals surface area contributed by atoms with Crippen LogP contribution in [0.2, 0.25) is 0 Å². The molecule has 1 unspecified atom stereocenters. The molecule has 1 heterocycles. The van der Waals surface area contributed by atoms with Crippen molar-refractivity contribution in [2.45, 2.75) is 18.7 Å². The molecule has 0 radical (unpaired) electrons. The lowest BCUT2D eigenvalue weighted by molar-refractivity contribution is -0.155. The molecule has 1 rings (SSSR count). The predicted octanol–water partition coefficient (Wildman–Crippen LogP) is 1.35. The van der Waals surface area contributed by atoms with Crippen molar-refractivity contribution in [3.63, 3.8) is 0 Å². The number of hydrogen-bond donors (Lipinski definition) is 3. The molecule has 1 atom stereocenters. The summed E-state index contributed by atoms with van der Waals surface area (Å²) in [4.78, 5) is 13.7. The predicted molar refractivity (Wildman–Crippen MR) is 56.0 cm³/mol. The summed E-state index contributed by atoms with van der Waals surface area (Å²) in [6.07, 6.45) is -3.63. The van der Waals surface area contributed by atoms with Gasteiger partial charge in [-0.3, -0.25) is 4.98 Å². The van der Waals surface area contributed by atoms with Gasteiger partial charge in [0.05, 0.1) is 6.54 Å². The molecule has 0 bridgehead atoms. The number of aliphatic carboxylic acids is 1. The number of aliphatic hydroxyl groups is 1. The number of alkyl halides is 3. The Labute approximate surface area is 100 Å². The number of nitrogens with zero attached hydrogens (tertiary/aromatic N) is 1. The van der Waals surface area contributed by atoms with Crippen molar-refractivity contribution >= 4 is 11.7 Å². The van der Waals surface area contributed by atoms with E-state index in [1.165, 1.54) is 6.07 Å². The van der Waals surface area contributed by atoms with E-state index in [9.17, 15) is 23.1 Å². The molecule has 0 aromatic carbocycles. The third-order valence-electron chi connectivity index (χ3n) is 2.15. The van der Waals surface area contributed by atoms with Crippen LogP contribution in [0.4, 0.5) is 18.9 Å². The fourth-order valence-electron chi connectivity index (χ4n) is 1.05. The third-order valence-corrected chi connectivity index (χ3v) is 2.15. The van der Waals surface area contributed by atoms with Crippen molar-refractivity contribution in [1.29, 1.82) is 0 Å². The molecule has 0 aliphatic heterocycles. The summed E-state index contributed by atoms with van der Waals surface area (Å²) in [5, 5.41) is 20.4. The molecule has 3 N–H and O–H groups in total. The number of carbonyl (C=O) groups is 1. The zero-order valence-electron chi connectivity index (χ0n) is 9.32. The number of aromatic nitrogens is 1. The molecule has 0 spiro atoms. The molecular weight excluding hydrogens is 253 g/mol. The zero-order valence-corrected chi connectivity index (χ0v) is 9.32. The normalized spacial score (nSPS) is 14.9. The molecule has 8 heteroatoms. The van der Waals surface area contributed by atoms with Gasteiger partial charge in [0, 0.05) is 11.9 Å². The smallest absolute Gasteiger partial charge is 0.433 e. The van der Waals surface area contributed by atoms with Crippen LogP contribution in [-0.4, -0.2) is 33.3 Å². The monoisotopic (exact) mass is 264 g/mol. The minimum absolute atomic E-state index is 0.0267. The maximum atomic E-state index is 12.3. The Morgan fingerprint density at radius 2 is 2.11 bits per heavy atom. The van der Waals surface area contributed by atoms with Crippen LogP contribution in [0.15, 0.2) is 18.3 Å². The Kier molecular flexibility index (Phi) is 3.80. The van der Waals surface area contributed by atoms with Gasteiger partial charge in [0.1, 0.15) is 5.69 Å². The van der Waals surface area contributed by atoms with E-state index in [4.69, 9.17) is 5.11 Å². The van der Waals surface area contributed by atoms with Gasteiger partial charge in [-0.2, -0.15) is 13.2 Å². The summed E-state index contributed by atoms with van der Waals surface area (Å²) < 4.78 is 37.0. The third kappa shape index (κ3) is 3.59. The lowest BCUT2D eigenvalue weighted by Crippen LogP contribution is -2.41. The van der Waals surface area contributed by atoms with E-state index in [2.05, 4.69) is 10.3 Å². The largest absolute Gasteiger partial charge is 0.479 e. The van der Waals surface area contributed by atoms with E-state index in [0.717, 1.165) is 19.2 Å². The highest BCUT2D eigenvalue weighted by molar-refractivity contribution is 5.77. The van der Waals surface area contributed by atoms with E-state index >= 15 is 0 Å². The molecule has 1 aromatic heterocycles.